The van der Waals surface area contributed by atoms with Gasteiger partial charge in [-0.1, -0.05) is 6.92 Å². The molecule has 18 heavy (non-hydrogen) atoms. The average Bonchev–Trinajstić information content (AvgIpc) is 3.08. The van der Waals surface area contributed by atoms with E-state index in [1.54, 1.807) is 7.11 Å². The van der Waals surface area contributed by atoms with Crippen molar-refractivity contribution in [3.05, 3.63) is 0 Å². The Morgan fingerprint density at radius 1 is 1.33 bits per heavy atom. The van der Waals surface area contributed by atoms with Crippen LogP contribution in [0.25, 0.3) is 0 Å². The summed E-state index contributed by atoms with van der Waals surface area (Å²) in [6.45, 7) is 2.89. The Balaban J connectivity index is 2.38. The molecule has 0 aromatic carbocycles. The highest BCUT2D eigenvalue weighted by molar-refractivity contribution is 4.90. The molecule has 2 atom stereocenters. The molecule has 0 aliphatic heterocycles. The topological polar surface area (TPSA) is 21.3 Å². The van der Waals surface area contributed by atoms with Gasteiger partial charge in [-0.05, 0) is 44.6 Å². The lowest BCUT2D eigenvalue weighted by atomic mass is 10.00. The highest BCUT2D eigenvalue weighted by Crippen LogP contribution is 2.36. The zero-order valence-corrected chi connectivity index (χ0v) is 11.2. The van der Waals surface area contributed by atoms with Crippen LogP contribution in [-0.4, -0.2) is 32.0 Å². The van der Waals surface area contributed by atoms with Gasteiger partial charge in [0, 0.05) is 19.6 Å². The van der Waals surface area contributed by atoms with Crippen molar-refractivity contribution in [3.8, 4) is 0 Å². The first-order chi connectivity index (χ1) is 8.48. The molecule has 1 fully saturated rings. The number of hydrogen-bond donors (Lipinski definition) is 1. The minimum atomic E-state index is -4.04. The van der Waals surface area contributed by atoms with Gasteiger partial charge in [-0.25, -0.2) is 0 Å². The third-order valence-electron chi connectivity index (χ3n) is 3.39. The van der Waals surface area contributed by atoms with E-state index in [-0.39, 0.29) is 18.6 Å². The molecule has 1 rings (SSSR count). The SMILES string of the molecule is CCCNC(CCCC(F)(F)F)C(OC)C1CC1. The Bertz CT molecular complexity index is 229. The molecule has 2 nitrogen and oxygen atoms in total. The van der Waals surface area contributed by atoms with Crippen LogP contribution in [0.4, 0.5) is 13.2 Å². The molecule has 5 heteroatoms. The molecule has 0 radical (unpaired) electrons. The molecule has 0 amide bonds. The van der Waals surface area contributed by atoms with E-state index in [1.807, 2.05) is 0 Å². The molecule has 108 valence electrons. The summed E-state index contributed by atoms with van der Waals surface area (Å²) in [5, 5.41) is 3.34. The Morgan fingerprint density at radius 3 is 2.44 bits per heavy atom. The van der Waals surface area contributed by atoms with Gasteiger partial charge in [0.15, 0.2) is 0 Å². The van der Waals surface area contributed by atoms with Crippen molar-refractivity contribution >= 4 is 0 Å². The number of rotatable bonds is 9. The smallest absolute Gasteiger partial charge is 0.380 e. The maximum atomic E-state index is 12.2. The minimum Gasteiger partial charge on any atom is -0.380 e. The molecular weight excluding hydrogens is 243 g/mol. The van der Waals surface area contributed by atoms with E-state index in [0.717, 1.165) is 25.8 Å². The van der Waals surface area contributed by atoms with Crippen molar-refractivity contribution in [2.75, 3.05) is 13.7 Å². The molecule has 1 aliphatic carbocycles. The Hall–Kier alpha value is -0.290. The van der Waals surface area contributed by atoms with Crippen LogP contribution in [0.2, 0.25) is 0 Å². The van der Waals surface area contributed by atoms with Gasteiger partial charge in [-0.2, -0.15) is 13.2 Å². The largest absolute Gasteiger partial charge is 0.389 e. The fourth-order valence-corrected chi connectivity index (χ4v) is 2.34. The first kappa shape index (κ1) is 15.8. The van der Waals surface area contributed by atoms with Crippen LogP contribution >= 0.6 is 0 Å². The zero-order valence-electron chi connectivity index (χ0n) is 11.2. The van der Waals surface area contributed by atoms with E-state index < -0.39 is 12.6 Å². The maximum absolute atomic E-state index is 12.2. The van der Waals surface area contributed by atoms with E-state index in [9.17, 15) is 13.2 Å². The minimum absolute atomic E-state index is 0.0600. The van der Waals surface area contributed by atoms with Gasteiger partial charge >= 0.3 is 6.18 Å². The van der Waals surface area contributed by atoms with Crippen LogP contribution in [-0.2, 0) is 4.74 Å². The van der Waals surface area contributed by atoms with Gasteiger partial charge in [0.1, 0.15) is 0 Å². The molecule has 1 saturated carbocycles. The molecule has 0 heterocycles. The molecule has 0 spiro atoms. The van der Waals surface area contributed by atoms with Gasteiger partial charge in [0.2, 0.25) is 0 Å². The third kappa shape index (κ3) is 6.05. The summed E-state index contributed by atoms with van der Waals surface area (Å²) in [7, 11) is 1.66. The molecule has 1 N–H and O–H groups in total. The van der Waals surface area contributed by atoms with Crippen molar-refractivity contribution in [2.45, 2.75) is 63.8 Å². The zero-order chi connectivity index (χ0) is 13.6. The Labute approximate surface area is 107 Å². The van der Waals surface area contributed by atoms with Crippen molar-refractivity contribution in [1.82, 2.24) is 5.32 Å². The maximum Gasteiger partial charge on any atom is 0.389 e. The van der Waals surface area contributed by atoms with E-state index >= 15 is 0 Å². The first-order valence-corrected chi connectivity index (χ1v) is 6.81. The molecular formula is C13H24F3NO. The van der Waals surface area contributed by atoms with Crippen LogP contribution in [0.5, 0.6) is 0 Å². The average molecular weight is 267 g/mol. The van der Waals surface area contributed by atoms with Crippen LogP contribution in [0.3, 0.4) is 0 Å². The number of ether oxygens (including phenoxy) is 1. The fraction of sp³-hybridized carbons (Fsp3) is 1.00. The number of alkyl halides is 3. The monoisotopic (exact) mass is 267 g/mol. The standard InChI is InChI=1S/C13H24F3NO/c1-3-9-17-11(5-4-8-13(14,15)16)12(18-2)10-6-7-10/h10-12,17H,3-9H2,1-2H3. The van der Waals surface area contributed by atoms with E-state index in [2.05, 4.69) is 12.2 Å². The van der Waals surface area contributed by atoms with Crippen LogP contribution in [0.1, 0.15) is 45.4 Å². The predicted molar refractivity (Wildman–Crippen MR) is 65.5 cm³/mol. The van der Waals surface area contributed by atoms with E-state index in [4.69, 9.17) is 4.74 Å². The lowest BCUT2D eigenvalue weighted by molar-refractivity contribution is -0.136. The Kier molecular flexibility index (Phi) is 6.43. The lowest BCUT2D eigenvalue weighted by Gasteiger charge is -2.27. The van der Waals surface area contributed by atoms with Gasteiger partial charge in [-0.15, -0.1) is 0 Å². The lowest BCUT2D eigenvalue weighted by Crippen LogP contribution is -2.42. The van der Waals surface area contributed by atoms with Gasteiger partial charge in [0.05, 0.1) is 6.10 Å². The quantitative estimate of drug-likeness (QED) is 0.690. The molecule has 2 unspecified atom stereocenters. The second-order valence-electron chi connectivity index (χ2n) is 5.11. The van der Waals surface area contributed by atoms with Crippen molar-refractivity contribution in [2.24, 2.45) is 5.92 Å². The number of methoxy groups -OCH3 is 1. The molecule has 0 saturated heterocycles. The summed E-state index contributed by atoms with van der Waals surface area (Å²) >= 11 is 0. The second-order valence-corrected chi connectivity index (χ2v) is 5.11. The normalized spacial score (nSPS) is 19.8. The van der Waals surface area contributed by atoms with Crippen LogP contribution in [0, 0.1) is 5.92 Å². The summed E-state index contributed by atoms with van der Waals surface area (Å²) < 4.78 is 42.0. The predicted octanol–water partition coefficient (Wildman–Crippen LogP) is 3.51. The number of hydrogen-bond acceptors (Lipinski definition) is 2. The van der Waals surface area contributed by atoms with Crippen LogP contribution < -0.4 is 5.32 Å². The molecule has 0 bridgehead atoms. The molecule has 1 aliphatic rings. The molecule has 0 aromatic heterocycles. The van der Waals surface area contributed by atoms with E-state index in [1.165, 1.54) is 0 Å². The Morgan fingerprint density at radius 2 is 2.00 bits per heavy atom. The summed E-state index contributed by atoms with van der Waals surface area (Å²) in [5.74, 6) is 0.537. The summed E-state index contributed by atoms with van der Waals surface area (Å²) in [6, 6.07) is 0.0600. The fourth-order valence-electron chi connectivity index (χ4n) is 2.34. The van der Waals surface area contributed by atoms with Gasteiger partial charge in [0.25, 0.3) is 0 Å². The summed E-state index contributed by atoms with van der Waals surface area (Å²) in [4.78, 5) is 0. The van der Waals surface area contributed by atoms with E-state index in [0.29, 0.717) is 12.3 Å². The van der Waals surface area contributed by atoms with Crippen molar-refractivity contribution in [1.29, 1.82) is 0 Å². The highest BCUT2D eigenvalue weighted by atomic mass is 19.4. The van der Waals surface area contributed by atoms with Gasteiger partial charge < -0.3 is 10.1 Å². The third-order valence-corrected chi connectivity index (χ3v) is 3.39. The van der Waals surface area contributed by atoms with Gasteiger partial charge in [-0.3, -0.25) is 0 Å². The first-order valence-electron chi connectivity index (χ1n) is 6.81. The highest BCUT2D eigenvalue weighted by Gasteiger charge is 2.37. The summed E-state index contributed by atoms with van der Waals surface area (Å²) in [5.41, 5.74) is 0. The van der Waals surface area contributed by atoms with Crippen molar-refractivity contribution in [3.63, 3.8) is 0 Å². The van der Waals surface area contributed by atoms with Crippen LogP contribution in [0.15, 0.2) is 0 Å². The molecule has 0 aromatic rings. The van der Waals surface area contributed by atoms with Crippen molar-refractivity contribution < 1.29 is 17.9 Å². The second kappa shape index (κ2) is 7.34. The summed E-state index contributed by atoms with van der Waals surface area (Å²) in [6.07, 6.45) is -0.687. The number of nitrogens with one attached hydrogen (secondary N) is 1. The number of halogens is 3.